The van der Waals surface area contributed by atoms with Crippen molar-refractivity contribution >= 4 is 11.8 Å². The van der Waals surface area contributed by atoms with Crippen molar-refractivity contribution in [3.8, 4) is 0 Å². The Kier molecular flexibility index (Phi) is 5.11. The van der Waals surface area contributed by atoms with Gasteiger partial charge in [0.25, 0.3) is 0 Å². The van der Waals surface area contributed by atoms with E-state index in [-0.39, 0.29) is 23.5 Å². The van der Waals surface area contributed by atoms with Gasteiger partial charge in [-0.25, -0.2) is 4.39 Å². The first-order valence-corrected chi connectivity index (χ1v) is 9.17. The maximum Gasteiger partial charge on any atom is 0.228 e. The van der Waals surface area contributed by atoms with Gasteiger partial charge >= 0.3 is 0 Å². The summed E-state index contributed by atoms with van der Waals surface area (Å²) >= 11 is 0. The lowest BCUT2D eigenvalue weighted by atomic mass is 9.82. The third-order valence-corrected chi connectivity index (χ3v) is 5.58. The lowest BCUT2D eigenvalue weighted by Crippen LogP contribution is -2.51. The summed E-state index contributed by atoms with van der Waals surface area (Å²) in [5, 5.41) is 0. The van der Waals surface area contributed by atoms with Crippen LogP contribution in [0.1, 0.15) is 44.7 Å². The Labute approximate surface area is 149 Å². The van der Waals surface area contributed by atoms with Crippen LogP contribution in [-0.4, -0.2) is 41.8 Å². The van der Waals surface area contributed by atoms with E-state index in [4.69, 9.17) is 0 Å². The molecule has 4 unspecified atom stereocenters. The molecule has 2 aliphatic heterocycles. The lowest BCUT2D eigenvalue weighted by Gasteiger charge is -2.43. The van der Waals surface area contributed by atoms with Gasteiger partial charge in [0.05, 0.1) is 12.0 Å². The number of nitrogens with zero attached hydrogens (tertiary/aromatic N) is 2. The first kappa shape index (κ1) is 17.9. The van der Waals surface area contributed by atoms with Gasteiger partial charge in [0, 0.05) is 32.1 Å². The first-order valence-electron chi connectivity index (χ1n) is 9.17. The van der Waals surface area contributed by atoms with Gasteiger partial charge in [-0.15, -0.1) is 0 Å². The molecule has 0 aromatic heterocycles. The number of likely N-dealkylation sites (tertiary alicyclic amines) is 2. The normalized spacial score (nSPS) is 30.5. The van der Waals surface area contributed by atoms with Gasteiger partial charge in [-0.2, -0.15) is 0 Å². The molecule has 0 spiro atoms. The molecule has 4 atom stereocenters. The van der Waals surface area contributed by atoms with E-state index in [0.29, 0.717) is 30.2 Å². The summed E-state index contributed by atoms with van der Waals surface area (Å²) in [6.45, 7) is 5.84. The number of hydrogen-bond donors (Lipinski definition) is 0. The number of amides is 2. The van der Waals surface area contributed by atoms with Gasteiger partial charge in [0.2, 0.25) is 11.8 Å². The van der Waals surface area contributed by atoms with Crippen molar-refractivity contribution in [1.29, 1.82) is 0 Å². The average molecular weight is 346 g/mol. The van der Waals surface area contributed by atoms with Crippen LogP contribution >= 0.6 is 0 Å². The molecule has 2 saturated heterocycles. The fourth-order valence-corrected chi connectivity index (χ4v) is 4.51. The van der Waals surface area contributed by atoms with Gasteiger partial charge in [-0.05, 0) is 30.7 Å². The molecule has 25 heavy (non-hydrogen) atoms. The molecule has 136 valence electrons. The maximum atomic E-state index is 14.4. The van der Waals surface area contributed by atoms with E-state index >= 15 is 0 Å². The molecule has 0 radical (unpaired) electrons. The second kappa shape index (κ2) is 7.14. The summed E-state index contributed by atoms with van der Waals surface area (Å²) in [6.07, 6.45) is 1.96. The van der Waals surface area contributed by atoms with Crippen LogP contribution in [0.25, 0.3) is 0 Å². The highest BCUT2D eigenvalue weighted by molar-refractivity contribution is 5.85. The third kappa shape index (κ3) is 3.55. The summed E-state index contributed by atoms with van der Waals surface area (Å²) in [7, 11) is 1.68. The molecular formula is C20H27FN2O2. The first-order chi connectivity index (χ1) is 11.9. The van der Waals surface area contributed by atoms with Crippen LogP contribution in [0.4, 0.5) is 4.39 Å². The van der Waals surface area contributed by atoms with Crippen molar-refractivity contribution in [2.45, 2.75) is 39.2 Å². The summed E-state index contributed by atoms with van der Waals surface area (Å²) in [6, 6.07) is 5.96. The minimum atomic E-state index is -0.525. The Morgan fingerprint density at radius 1 is 1.16 bits per heavy atom. The minimum absolute atomic E-state index is 0.0299. The Hall–Kier alpha value is -1.91. The molecule has 2 heterocycles. The van der Waals surface area contributed by atoms with E-state index in [1.54, 1.807) is 30.1 Å². The average Bonchev–Trinajstić information content (AvgIpc) is 2.56. The molecule has 1 aromatic carbocycles. The van der Waals surface area contributed by atoms with Crippen molar-refractivity contribution in [3.63, 3.8) is 0 Å². The summed E-state index contributed by atoms with van der Waals surface area (Å²) < 4.78 is 14.4. The van der Waals surface area contributed by atoms with Crippen molar-refractivity contribution in [2.75, 3.05) is 20.1 Å². The summed E-state index contributed by atoms with van der Waals surface area (Å²) in [4.78, 5) is 29.0. The molecule has 2 aliphatic rings. The second-order valence-corrected chi connectivity index (χ2v) is 7.81. The molecule has 2 amide bonds. The lowest BCUT2D eigenvalue weighted by molar-refractivity contribution is -0.148. The van der Waals surface area contributed by atoms with Crippen molar-refractivity contribution in [2.24, 2.45) is 17.8 Å². The zero-order valence-electron chi connectivity index (χ0n) is 15.2. The molecule has 0 saturated carbocycles. The molecule has 0 bridgehead atoms. The topological polar surface area (TPSA) is 40.6 Å². The molecule has 4 nitrogen and oxygen atoms in total. The highest BCUT2D eigenvalue weighted by Crippen LogP contribution is 2.38. The van der Waals surface area contributed by atoms with Crippen molar-refractivity contribution in [3.05, 3.63) is 35.6 Å². The van der Waals surface area contributed by atoms with E-state index in [9.17, 15) is 14.0 Å². The van der Waals surface area contributed by atoms with Crippen LogP contribution in [0.5, 0.6) is 0 Å². The highest BCUT2D eigenvalue weighted by Gasteiger charge is 2.42. The fraction of sp³-hybridized carbons (Fsp3) is 0.600. The number of carbonyl (C=O) groups is 2. The van der Waals surface area contributed by atoms with Gasteiger partial charge in [-0.3, -0.25) is 9.59 Å². The van der Waals surface area contributed by atoms with E-state index in [0.717, 1.165) is 19.5 Å². The zero-order chi connectivity index (χ0) is 18.1. The van der Waals surface area contributed by atoms with Crippen molar-refractivity contribution in [1.82, 2.24) is 9.80 Å². The third-order valence-electron chi connectivity index (χ3n) is 5.58. The minimum Gasteiger partial charge on any atom is -0.342 e. The van der Waals surface area contributed by atoms with Crippen LogP contribution in [0, 0.1) is 23.6 Å². The number of halogens is 1. The number of hydrogen-bond acceptors (Lipinski definition) is 2. The summed E-state index contributed by atoms with van der Waals surface area (Å²) in [5.41, 5.74) is 0.439. The van der Waals surface area contributed by atoms with E-state index in [1.165, 1.54) is 6.07 Å². The highest BCUT2D eigenvalue weighted by atomic mass is 19.1. The maximum absolute atomic E-state index is 14.4. The van der Waals surface area contributed by atoms with Crippen LogP contribution < -0.4 is 0 Å². The molecule has 0 aliphatic carbocycles. The molecule has 2 fully saturated rings. The van der Waals surface area contributed by atoms with Gasteiger partial charge < -0.3 is 9.80 Å². The quantitative estimate of drug-likeness (QED) is 0.825. The number of piperidine rings is 2. The van der Waals surface area contributed by atoms with Crippen LogP contribution in [0.2, 0.25) is 0 Å². The molecular weight excluding hydrogens is 319 g/mol. The Morgan fingerprint density at radius 2 is 1.80 bits per heavy atom. The predicted molar refractivity (Wildman–Crippen MR) is 94.2 cm³/mol. The second-order valence-electron chi connectivity index (χ2n) is 7.81. The number of carbonyl (C=O) groups excluding carboxylic acids is 2. The smallest absolute Gasteiger partial charge is 0.228 e. The van der Waals surface area contributed by atoms with E-state index in [2.05, 4.69) is 13.8 Å². The number of rotatable bonds is 2. The van der Waals surface area contributed by atoms with Gasteiger partial charge in [0.15, 0.2) is 0 Å². The largest absolute Gasteiger partial charge is 0.342 e. The Bertz CT molecular complexity index is 653. The molecule has 0 N–H and O–H groups in total. The SMILES string of the molecule is CC1CC(C)CN(C(=O)C2CCC(=O)N(C)C2c2ccccc2F)C1. The van der Waals surface area contributed by atoms with Crippen LogP contribution in [-0.2, 0) is 9.59 Å². The van der Waals surface area contributed by atoms with Crippen LogP contribution in [0.3, 0.4) is 0 Å². The predicted octanol–water partition coefficient (Wildman–Crippen LogP) is 3.24. The van der Waals surface area contributed by atoms with Crippen molar-refractivity contribution < 1.29 is 14.0 Å². The van der Waals surface area contributed by atoms with Crippen LogP contribution in [0.15, 0.2) is 24.3 Å². The Morgan fingerprint density at radius 3 is 2.44 bits per heavy atom. The fourth-order valence-electron chi connectivity index (χ4n) is 4.51. The van der Waals surface area contributed by atoms with E-state index < -0.39 is 6.04 Å². The molecule has 1 aromatic rings. The zero-order valence-corrected chi connectivity index (χ0v) is 15.2. The van der Waals surface area contributed by atoms with Gasteiger partial charge in [0.1, 0.15) is 5.82 Å². The summed E-state index contributed by atoms with van der Waals surface area (Å²) in [5.74, 6) is 0.248. The monoisotopic (exact) mass is 346 g/mol. The standard InChI is InChI=1S/C20H27FN2O2/c1-13-10-14(2)12-23(11-13)20(25)16-8-9-18(24)22(3)19(16)15-6-4-5-7-17(15)21/h4-7,13-14,16,19H,8-12H2,1-3H3. The number of benzene rings is 1. The molecule has 3 rings (SSSR count). The van der Waals surface area contributed by atoms with Gasteiger partial charge in [-0.1, -0.05) is 32.0 Å². The Balaban J connectivity index is 1.91. The molecule has 5 heteroatoms. The van der Waals surface area contributed by atoms with E-state index in [1.807, 2.05) is 4.90 Å².